The molecule has 0 aromatic heterocycles. The van der Waals surface area contributed by atoms with Crippen molar-refractivity contribution in [3.05, 3.63) is 29.3 Å². The van der Waals surface area contributed by atoms with Crippen LogP contribution in [-0.2, 0) is 11.2 Å². The lowest BCUT2D eigenvalue weighted by Gasteiger charge is -2.18. The Balaban J connectivity index is 1.43. The molecule has 1 saturated carbocycles. The zero-order chi connectivity index (χ0) is 17.1. The first-order chi connectivity index (χ1) is 11.6. The number of carbonyl (C=O) groups excluding carboxylic acids is 1. The largest absolute Gasteiger partial charge is 0.494 e. The zero-order valence-electron chi connectivity index (χ0n) is 14.8. The number of aryl methyl sites for hydroxylation is 2. The van der Waals surface area contributed by atoms with Crippen molar-refractivity contribution < 1.29 is 14.6 Å². The Morgan fingerprint density at radius 3 is 2.62 bits per heavy atom. The molecule has 1 aliphatic carbocycles. The van der Waals surface area contributed by atoms with Crippen LogP contribution in [0.15, 0.2) is 18.2 Å². The van der Waals surface area contributed by atoms with Crippen molar-refractivity contribution in [2.24, 2.45) is 11.8 Å². The Kier molecular flexibility index (Phi) is 5.44. The summed E-state index contributed by atoms with van der Waals surface area (Å²) in [7, 11) is 0. The van der Waals surface area contributed by atoms with Crippen LogP contribution in [0.5, 0.6) is 5.75 Å². The first-order valence-corrected chi connectivity index (χ1v) is 9.25. The van der Waals surface area contributed by atoms with Crippen LogP contribution in [0.2, 0.25) is 0 Å². The highest BCUT2D eigenvalue weighted by molar-refractivity contribution is 5.76. The molecule has 1 amide bonds. The third-order valence-electron chi connectivity index (χ3n) is 5.47. The van der Waals surface area contributed by atoms with Crippen LogP contribution in [0.25, 0.3) is 0 Å². The van der Waals surface area contributed by atoms with Crippen molar-refractivity contribution in [2.75, 3.05) is 19.7 Å². The molecule has 1 aromatic rings. The number of carbonyl (C=O) groups is 1. The highest BCUT2D eigenvalue weighted by Crippen LogP contribution is 2.38. The monoisotopic (exact) mass is 331 g/mol. The minimum atomic E-state index is -0.139. The minimum Gasteiger partial charge on any atom is -0.494 e. The Morgan fingerprint density at radius 2 is 2.00 bits per heavy atom. The van der Waals surface area contributed by atoms with Gasteiger partial charge < -0.3 is 14.7 Å². The van der Waals surface area contributed by atoms with Crippen molar-refractivity contribution in [1.82, 2.24) is 4.90 Å². The maximum Gasteiger partial charge on any atom is 0.222 e. The smallest absolute Gasteiger partial charge is 0.222 e. The lowest BCUT2D eigenvalue weighted by Crippen LogP contribution is -2.30. The normalized spacial score (nSPS) is 25.8. The van der Waals surface area contributed by atoms with Gasteiger partial charge in [0.1, 0.15) is 5.75 Å². The van der Waals surface area contributed by atoms with Crippen LogP contribution >= 0.6 is 0 Å². The van der Waals surface area contributed by atoms with E-state index < -0.39 is 0 Å². The summed E-state index contributed by atoms with van der Waals surface area (Å²) in [6.07, 6.45) is 4.05. The summed E-state index contributed by atoms with van der Waals surface area (Å²) in [5, 5.41) is 9.69. The van der Waals surface area contributed by atoms with Crippen LogP contribution in [0, 0.1) is 18.8 Å². The molecule has 0 radical (unpaired) electrons. The Labute approximate surface area is 144 Å². The molecule has 1 saturated heterocycles. The quantitative estimate of drug-likeness (QED) is 0.872. The van der Waals surface area contributed by atoms with Crippen LogP contribution in [0.1, 0.15) is 43.7 Å². The molecule has 24 heavy (non-hydrogen) atoms. The average Bonchev–Trinajstić information content (AvgIpc) is 3.07. The number of ether oxygens (including phenoxy) is 1. The van der Waals surface area contributed by atoms with Gasteiger partial charge in [0.2, 0.25) is 5.91 Å². The molecule has 3 atom stereocenters. The average molecular weight is 331 g/mol. The number of amides is 1. The van der Waals surface area contributed by atoms with Crippen molar-refractivity contribution in [3.63, 3.8) is 0 Å². The molecule has 0 spiro atoms. The topological polar surface area (TPSA) is 49.8 Å². The molecule has 132 valence electrons. The van der Waals surface area contributed by atoms with Crippen LogP contribution in [-0.4, -0.2) is 41.7 Å². The van der Waals surface area contributed by atoms with E-state index in [0.717, 1.165) is 50.1 Å². The Hall–Kier alpha value is -1.55. The van der Waals surface area contributed by atoms with Crippen LogP contribution < -0.4 is 4.74 Å². The fourth-order valence-electron chi connectivity index (χ4n) is 4.26. The summed E-state index contributed by atoms with van der Waals surface area (Å²) in [5.74, 6) is 2.28. The first kappa shape index (κ1) is 17.3. The molecule has 0 bridgehead atoms. The first-order valence-electron chi connectivity index (χ1n) is 9.25. The van der Waals surface area contributed by atoms with Gasteiger partial charge in [0.15, 0.2) is 0 Å². The standard InChI is InChI=1S/C20H29NO3/c1-3-24-19-8-7-15(9-14(19)2)5-4-6-20(23)21-12-16-10-18(22)11-17(16)13-21/h7-9,16-18,22H,3-6,10-13H2,1-2H3/t16-,17+,18?. The van der Waals surface area contributed by atoms with Gasteiger partial charge in [-0.2, -0.15) is 0 Å². The molecule has 4 heteroatoms. The number of rotatable bonds is 6. The number of hydrogen-bond donors (Lipinski definition) is 1. The summed E-state index contributed by atoms with van der Waals surface area (Å²) < 4.78 is 5.57. The molecule has 2 aliphatic rings. The van der Waals surface area contributed by atoms with Crippen molar-refractivity contribution in [3.8, 4) is 5.75 Å². The van der Waals surface area contributed by atoms with Crippen LogP contribution in [0.3, 0.4) is 0 Å². The van der Waals surface area contributed by atoms with Crippen molar-refractivity contribution >= 4 is 5.91 Å². The second kappa shape index (κ2) is 7.56. The van der Waals surface area contributed by atoms with E-state index >= 15 is 0 Å². The van der Waals surface area contributed by atoms with E-state index in [-0.39, 0.29) is 12.0 Å². The lowest BCUT2D eigenvalue weighted by molar-refractivity contribution is -0.130. The van der Waals surface area contributed by atoms with E-state index in [0.29, 0.717) is 24.9 Å². The van der Waals surface area contributed by atoms with Gasteiger partial charge in [0.25, 0.3) is 0 Å². The third-order valence-corrected chi connectivity index (χ3v) is 5.47. The highest BCUT2D eigenvalue weighted by Gasteiger charge is 2.41. The predicted molar refractivity (Wildman–Crippen MR) is 94.1 cm³/mol. The van der Waals surface area contributed by atoms with Gasteiger partial charge >= 0.3 is 0 Å². The number of benzene rings is 1. The van der Waals surface area contributed by atoms with Crippen molar-refractivity contribution in [1.29, 1.82) is 0 Å². The maximum absolute atomic E-state index is 12.4. The van der Waals surface area contributed by atoms with Gasteiger partial charge in [-0.15, -0.1) is 0 Å². The van der Waals surface area contributed by atoms with Gasteiger partial charge in [-0.1, -0.05) is 12.1 Å². The molecule has 1 aliphatic heterocycles. The summed E-state index contributed by atoms with van der Waals surface area (Å²) in [4.78, 5) is 14.4. The number of likely N-dealkylation sites (tertiary alicyclic amines) is 1. The molecular weight excluding hydrogens is 302 g/mol. The van der Waals surface area contributed by atoms with Crippen molar-refractivity contribution in [2.45, 2.75) is 52.1 Å². The second-order valence-electron chi connectivity index (χ2n) is 7.33. The zero-order valence-corrected chi connectivity index (χ0v) is 14.8. The molecule has 1 heterocycles. The van der Waals surface area contributed by atoms with Gasteiger partial charge in [-0.3, -0.25) is 4.79 Å². The van der Waals surface area contributed by atoms with E-state index in [1.54, 1.807) is 0 Å². The summed E-state index contributed by atoms with van der Waals surface area (Å²) in [6.45, 7) is 6.44. The SMILES string of the molecule is CCOc1ccc(CCCC(=O)N2C[C@H]3CC(O)C[C@H]3C2)cc1C. The number of aliphatic hydroxyl groups is 1. The Bertz CT molecular complexity index is 572. The number of nitrogens with zero attached hydrogens (tertiary/aromatic N) is 1. The van der Waals surface area contributed by atoms with E-state index in [1.807, 2.05) is 17.9 Å². The summed E-state index contributed by atoms with van der Waals surface area (Å²) >= 11 is 0. The lowest BCUT2D eigenvalue weighted by atomic mass is 10.0. The van der Waals surface area contributed by atoms with Gasteiger partial charge in [0.05, 0.1) is 12.7 Å². The maximum atomic E-state index is 12.4. The van der Waals surface area contributed by atoms with Gasteiger partial charge in [-0.05, 0) is 68.6 Å². The third kappa shape index (κ3) is 3.92. The highest BCUT2D eigenvalue weighted by atomic mass is 16.5. The molecule has 1 unspecified atom stereocenters. The molecule has 4 nitrogen and oxygen atoms in total. The van der Waals surface area contributed by atoms with E-state index in [9.17, 15) is 9.90 Å². The predicted octanol–water partition coefficient (Wildman–Crippen LogP) is 2.95. The fraction of sp³-hybridized carbons (Fsp3) is 0.650. The van der Waals surface area contributed by atoms with Gasteiger partial charge in [0, 0.05) is 19.5 Å². The Morgan fingerprint density at radius 1 is 1.29 bits per heavy atom. The van der Waals surface area contributed by atoms with E-state index in [2.05, 4.69) is 19.1 Å². The second-order valence-corrected chi connectivity index (χ2v) is 7.33. The fourth-order valence-corrected chi connectivity index (χ4v) is 4.26. The number of aliphatic hydroxyl groups excluding tert-OH is 1. The van der Waals surface area contributed by atoms with E-state index in [4.69, 9.17) is 4.74 Å². The molecule has 1 N–H and O–H groups in total. The number of hydrogen-bond acceptors (Lipinski definition) is 3. The van der Waals surface area contributed by atoms with Gasteiger partial charge in [-0.25, -0.2) is 0 Å². The molecular formula is C20H29NO3. The summed E-state index contributed by atoms with van der Waals surface area (Å²) in [6, 6.07) is 6.30. The minimum absolute atomic E-state index is 0.139. The van der Waals surface area contributed by atoms with E-state index in [1.165, 1.54) is 5.56 Å². The summed E-state index contributed by atoms with van der Waals surface area (Å²) in [5.41, 5.74) is 2.43. The number of fused-ring (bicyclic) bond motifs is 1. The molecule has 1 aromatic carbocycles. The molecule has 3 rings (SSSR count). The van der Waals surface area contributed by atoms with Crippen LogP contribution in [0.4, 0.5) is 0 Å². The molecule has 2 fully saturated rings.